The molecule has 0 aliphatic carbocycles. The van der Waals surface area contributed by atoms with Gasteiger partial charge in [0.2, 0.25) is 0 Å². The maximum Gasteiger partial charge on any atom is 0.340 e. The minimum atomic E-state index is -0.506. The van der Waals surface area contributed by atoms with Crippen molar-refractivity contribution in [2.24, 2.45) is 7.05 Å². The number of nitrogens with one attached hydrogen (secondary N) is 1. The second kappa shape index (κ2) is 9.22. The number of anilines is 2. The first kappa shape index (κ1) is 20.9. The first-order chi connectivity index (χ1) is 15.0. The summed E-state index contributed by atoms with van der Waals surface area (Å²) in [5.41, 5.74) is 3.23. The topological polar surface area (TPSA) is 66.8 Å². The molecule has 0 spiro atoms. The first-order valence-corrected chi connectivity index (χ1v) is 10.6. The summed E-state index contributed by atoms with van der Waals surface area (Å²) < 4.78 is 7.12. The molecule has 0 saturated carbocycles. The highest BCUT2D eigenvalue weighted by Gasteiger charge is 2.17. The van der Waals surface area contributed by atoms with Crippen LogP contribution in [0.3, 0.4) is 0 Å². The summed E-state index contributed by atoms with van der Waals surface area (Å²) in [6, 6.07) is 15.4. The summed E-state index contributed by atoms with van der Waals surface area (Å²) in [5, 5.41) is 3.60. The van der Waals surface area contributed by atoms with E-state index in [0.29, 0.717) is 11.3 Å². The third-order valence-electron chi connectivity index (χ3n) is 5.79. The van der Waals surface area contributed by atoms with Crippen molar-refractivity contribution >= 4 is 34.2 Å². The van der Waals surface area contributed by atoms with Crippen LogP contribution in [0.15, 0.2) is 54.7 Å². The summed E-state index contributed by atoms with van der Waals surface area (Å²) in [4.78, 5) is 29.5. The molecule has 0 atom stereocenters. The van der Waals surface area contributed by atoms with Gasteiger partial charge >= 0.3 is 5.97 Å². The molecule has 162 valence electrons. The van der Waals surface area contributed by atoms with E-state index in [0.717, 1.165) is 49.3 Å². The number of ether oxygens (including phenoxy) is 1. The van der Waals surface area contributed by atoms with Crippen molar-refractivity contribution in [3.05, 3.63) is 60.3 Å². The van der Waals surface area contributed by atoms with Crippen LogP contribution >= 0.6 is 0 Å². The van der Waals surface area contributed by atoms with Crippen molar-refractivity contribution in [1.29, 1.82) is 0 Å². The Kier molecular flexibility index (Phi) is 6.23. The maximum absolute atomic E-state index is 12.5. The summed E-state index contributed by atoms with van der Waals surface area (Å²) >= 11 is 0. The van der Waals surface area contributed by atoms with Gasteiger partial charge in [0.05, 0.1) is 5.56 Å². The zero-order valence-electron chi connectivity index (χ0n) is 18.0. The van der Waals surface area contributed by atoms with E-state index in [1.807, 2.05) is 60.1 Å². The summed E-state index contributed by atoms with van der Waals surface area (Å²) in [7, 11) is 1.87. The molecule has 3 aromatic rings. The number of carbonyl (C=O) groups excluding carboxylic acids is 2. The van der Waals surface area contributed by atoms with Crippen LogP contribution in [-0.4, -0.2) is 60.7 Å². The van der Waals surface area contributed by atoms with Gasteiger partial charge in [-0.05, 0) is 36.9 Å². The predicted octanol–water partition coefficient (Wildman–Crippen LogP) is 3.12. The minimum Gasteiger partial charge on any atom is -0.452 e. The van der Waals surface area contributed by atoms with Gasteiger partial charge in [0.25, 0.3) is 5.91 Å². The number of hydrogen-bond acceptors (Lipinski definition) is 5. The molecule has 31 heavy (non-hydrogen) atoms. The van der Waals surface area contributed by atoms with Gasteiger partial charge in [-0.2, -0.15) is 0 Å². The van der Waals surface area contributed by atoms with Crippen LogP contribution in [0, 0.1) is 0 Å². The number of carbonyl (C=O) groups is 2. The van der Waals surface area contributed by atoms with Gasteiger partial charge in [0, 0.05) is 61.7 Å². The van der Waals surface area contributed by atoms with Crippen LogP contribution in [0.2, 0.25) is 0 Å². The smallest absolute Gasteiger partial charge is 0.340 e. The number of hydrogen-bond donors (Lipinski definition) is 1. The molecule has 2 heterocycles. The number of nitrogens with zero attached hydrogens (tertiary/aromatic N) is 3. The normalized spacial score (nSPS) is 14.6. The highest BCUT2D eigenvalue weighted by Crippen LogP contribution is 2.22. The van der Waals surface area contributed by atoms with Crippen molar-refractivity contribution < 1.29 is 14.3 Å². The fraction of sp³-hybridized carbons (Fsp3) is 0.333. The van der Waals surface area contributed by atoms with Gasteiger partial charge in [-0.25, -0.2) is 4.79 Å². The van der Waals surface area contributed by atoms with Crippen LogP contribution in [0.4, 0.5) is 11.4 Å². The van der Waals surface area contributed by atoms with Gasteiger partial charge in [-0.1, -0.05) is 25.1 Å². The van der Waals surface area contributed by atoms with E-state index in [1.54, 1.807) is 6.20 Å². The van der Waals surface area contributed by atoms with Gasteiger partial charge < -0.3 is 24.4 Å². The molecule has 4 rings (SSSR count). The van der Waals surface area contributed by atoms with Crippen LogP contribution in [0.5, 0.6) is 0 Å². The Morgan fingerprint density at radius 1 is 1.00 bits per heavy atom. The number of esters is 1. The second-order valence-corrected chi connectivity index (χ2v) is 7.76. The van der Waals surface area contributed by atoms with Crippen LogP contribution in [0.1, 0.15) is 17.3 Å². The van der Waals surface area contributed by atoms with Crippen molar-refractivity contribution in [2.75, 3.05) is 49.5 Å². The van der Waals surface area contributed by atoms with Crippen molar-refractivity contribution in [3.63, 3.8) is 0 Å². The molecule has 1 amide bonds. The molecule has 1 aliphatic heterocycles. The first-order valence-electron chi connectivity index (χ1n) is 10.6. The zero-order valence-corrected chi connectivity index (χ0v) is 18.0. The van der Waals surface area contributed by atoms with E-state index >= 15 is 0 Å². The lowest BCUT2D eigenvalue weighted by atomic mass is 10.2. The number of amides is 1. The zero-order chi connectivity index (χ0) is 21.8. The van der Waals surface area contributed by atoms with Crippen LogP contribution in [-0.2, 0) is 16.6 Å². The summed E-state index contributed by atoms with van der Waals surface area (Å²) in [6.45, 7) is 7.08. The fourth-order valence-electron chi connectivity index (χ4n) is 3.99. The molecule has 1 aliphatic rings. The number of piperazine rings is 1. The van der Waals surface area contributed by atoms with Gasteiger partial charge in [-0.15, -0.1) is 0 Å². The number of benzene rings is 2. The maximum atomic E-state index is 12.5. The Balaban J connectivity index is 1.30. The molecule has 7 nitrogen and oxygen atoms in total. The van der Waals surface area contributed by atoms with E-state index < -0.39 is 5.97 Å². The molecular weight excluding hydrogens is 392 g/mol. The number of likely N-dealkylation sites (N-methyl/N-ethyl adjacent to an activating group) is 1. The number of para-hydroxylation sites is 1. The number of aromatic nitrogens is 1. The summed E-state index contributed by atoms with van der Waals surface area (Å²) in [6.07, 6.45) is 1.73. The van der Waals surface area contributed by atoms with Crippen molar-refractivity contribution in [1.82, 2.24) is 9.47 Å². The highest BCUT2D eigenvalue weighted by molar-refractivity contribution is 6.05. The van der Waals surface area contributed by atoms with Crippen molar-refractivity contribution in [3.8, 4) is 0 Å². The predicted molar refractivity (Wildman–Crippen MR) is 123 cm³/mol. The van der Waals surface area contributed by atoms with Gasteiger partial charge in [0.1, 0.15) is 0 Å². The Bertz CT molecular complexity index is 1070. The summed E-state index contributed by atoms with van der Waals surface area (Å²) in [5.74, 6) is -0.869. The van der Waals surface area contributed by atoms with Gasteiger partial charge in [-0.3, -0.25) is 4.79 Å². The molecule has 1 fully saturated rings. The number of fused-ring (bicyclic) bond motifs is 1. The molecule has 0 unspecified atom stereocenters. The molecular formula is C24H28N4O3. The van der Waals surface area contributed by atoms with E-state index in [-0.39, 0.29) is 12.5 Å². The molecule has 2 aromatic carbocycles. The molecule has 7 heteroatoms. The van der Waals surface area contributed by atoms with E-state index in [2.05, 4.69) is 22.0 Å². The molecule has 1 saturated heterocycles. The molecule has 0 bridgehead atoms. The molecule has 0 radical (unpaired) electrons. The van der Waals surface area contributed by atoms with Gasteiger partial charge in [0.15, 0.2) is 6.61 Å². The Morgan fingerprint density at radius 2 is 1.71 bits per heavy atom. The third kappa shape index (κ3) is 4.72. The number of aryl methyl sites for hydroxylation is 1. The average Bonchev–Trinajstić information content (AvgIpc) is 3.15. The lowest BCUT2D eigenvalue weighted by Gasteiger charge is -2.35. The molecule has 1 aromatic heterocycles. The van der Waals surface area contributed by atoms with E-state index in [1.165, 1.54) is 0 Å². The third-order valence-corrected chi connectivity index (χ3v) is 5.79. The Hall–Kier alpha value is -3.32. The highest BCUT2D eigenvalue weighted by atomic mass is 16.5. The molecule has 1 N–H and O–H groups in total. The Morgan fingerprint density at radius 3 is 2.42 bits per heavy atom. The average molecular weight is 421 g/mol. The Labute approximate surface area is 182 Å². The fourth-order valence-corrected chi connectivity index (χ4v) is 3.99. The standard InChI is InChI=1S/C24H28N4O3/c1-3-27-12-14-28(15-13-27)19-10-8-18(9-11-19)25-23(29)17-31-24(30)21-16-26(2)22-7-5-4-6-20(21)22/h4-11,16H,3,12-15,17H2,1-2H3,(H,25,29). The number of rotatable bonds is 6. The van der Waals surface area contributed by atoms with Crippen LogP contribution in [0.25, 0.3) is 10.9 Å². The SMILES string of the molecule is CCN1CCN(c2ccc(NC(=O)COC(=O)c3cn(C)c4ccccc34)cc2)CC1. The quantitative estimate of drug-likeness (QED) is 0.621. The van der Waals surface area contributed by atoms with E-state index in [4.69, 9.17) is 4.74 Å². The lowest BCUT2D eigenvalue weighted by Crippen LogP contribution is -2.46. The lowest BCUT2D eigenvalue weighted by molar-refractivity contribution is -0.119. The minimum absolute atomic E-state index is 0.331. The largest absolute Gasteiger partial charge is 0.452 e. The monoisotopic (exact) mass is 420 g/mol. The van der Waals surface area contributed by atoms with Crippen molar-refractivity contribution in [2.45, 2.75) is 6.92 Å². The second-order valence-electron chi connectivity index (χ2n) is 7.76. The van der Waals surface area contributed by atoms with Crippen LogP contribution < -0.4 is 10.2 Å². The van der Waals surface area contributed by atoms with E-state index in [9.17, 15) is 9.59 Å².